The van der Waals surface area contributed by atoms with Crippen molar-refractivity contribution in [2.45, 2.75) is 37.4 Å². The van der Waals surface area contributed by atoms with Crippen LogP contribution in [-0.4, -0.2) is 82.4 Å². The van der Waals surface area contributed by atoms with Gasteiger partial charge in [0.25, 0.3) is 5.91 Å². The minimum Gasteiger partial charge on any atom is -0.444 e. The largest absolute Gasteiger partial charge is 0.444 e. The van der Waals surface area contributed by atoms with Crippen LogP contribution >= 0.6 is 11.6 Å². The summed E-state index contributed by atoms with van der Waals surface area (Å²) in [5.41, 5.74) is -0.413. The lowest BCUT2D eigenvalue weighted by atomic mass is 10.1. The van der Waals surface area contributed by atoms with Crippen molar-refractivity contribution in [3.63, 3.8) is 0 Å². The van der Waals surface area contributed by atoms with Crippen molar-refractivity contribution >= 4 is 33.6 Å². The highest BCUT2D eigenvalue weighted by Crippen LogP contribution is 2.30. The predicted molar refractivity (Wildman–Crippen MR) is 118 cm³/mol. The van der Waals surface area contributed by atoms with Crippen LogP contribution in [0.1, 0.15) is 32.4 Å². The van der Waals surface area contributed by atoms with Crippen molar-refractivity contribution in [3.05, 3.63) is 28.8 Å². The Morgan fingerprint density at radius 3 is 2.31 bits per heavy atom. The summed E-state index contributed by atoms with van der Waals surface area (Å²) in [5, 5.41) is 2.70. The second kappa shape index (κ2) is 10.8. The molecule has 1 fully saturated rings. The summed E-state index contributed by atoms with van der Waals surface area (Å²) < 4.78 is 43.1. The first kappa shape index (κ1) is 26.3. The van der Waals surface area contributed by atoms with E-state index in [1.165, 1.54) is 41.6 Å². The van der Waals surface area contributed by atoms with Gasteiger partial charge in [-0.05, 0) is 39.0 Å². The van der Waals surface area contributed by atoms with Crippen LogP contribution in [0.2, 0.25) is 5.02 Å². The molecule has 32 heavy (non-hydrogen) atoms. The number of hydrogen-bond donors (Lipinski definition) is 1. The predicted octanol–water partition coefficient (Wildman–Crippen LogP) is 1.99. The first-order chi connectivity index (χ1) is 14.9. The Labute approximate surface area is 193 Å². The van der Waals surface area contributed by atoms with E-state index in [0.29, 0.717) is 0 Å². The quantitative estimate of drug-likeness (QED) is 0.580. The van der Waals surface area contributed by atoms with Gasteiger partial charge in [-0.2, -0.15) is 4.31 Å². The molecule has 0 spiro atoms. The van der Waals surface area contributed by atoms with Crippen LogP contribution in [0.25, 0.3) is 0 Å². The van der Waals surface area contributed by atoms with Crippen LogP contribution < -0.4 is 5.32 Å². The van der Waals surface area contributed by atoms with Crippen LogP contribution in [0.15, 0.2) is 23.1 Å². The van der Waals surface area contributed by atoms with Gasteiger partial charge in [0.15, 0.2) is 6.10 Å². The Hall–Kier alpha value is -1.92. The van der Waals surface area contributed by atoms with Gasteiger partial charge in [-0.3, -0.25) is 4.79 Å². The molecule has 10 nitrogen and oxygen atoms in total. The molecule has 1 aliphatic rings. The van der Waals surface area contributed by atoms with Crippen molar-refractivity contribution in [2.75, 3.05) is 47.1 Å². The van der Waals surface area contributed by atoms with Crippen LogP contribution in [0.3, 0.4) is 0 Å². The molecule has 2 rings (SSSR count). The SMILES string of the molecule is COCNC(=O)C(OC)c1cc(S(=O)(=O)N2CCN(C(=O)OC(C)(C)C)CC2)ccc1Cl. The number of amides is 2. The van der Waals surface area contributed by atoms with E-state index in [9.17, 15) is 18.0 Å². The number of carbonyl (C=O) groups is 2. The fourth-order valence-corrected chi connectivity index (χ4v) is 4.76. The van der Waals surface area contributed by atoms with Crippen molar-refractivity contribution in [1.82, 2.24) is 14.5 Å². The normalized spacial score (nSPS) is 16.5. The van der Waals surface area contributed by atoms with E-state index in [2.05, 4.69) is 5.32 Å². The lowest BCUT2D eigenvalue weighted by Crippen LogP contribution is -2.51. The van der Waals surface area contributed by atoms with Gasteiger partial charge in [0.2, 0.25) is 10.0 Å². The van der Waals surface area contributed by atoms with Gasteiger partial charge in [0.05, 0.1) is 4.90 Å². The topological polar surface area (TPSA) is 114 Å². The molecule has 12 heteroatoms. The average molecular weight is 492 g/mol. The number of nitrogens with zero attached hydrogens (tertiary/aromatic N) is 2. The number of carbonyl (C=O) groups excluding carboxylic acids is 2. The van der Waals surface area contributed by atoms with Gasteiger partial charge in [-0.15, -0.1) is 0 Å². The molecule has 1 unspecified atom stereocenters. The van der Waals surface area contributed by atoms with Crippen LogP contribution in [0.5, 0.6) is 0 Å². The molecule has 180 valence electrons. The van der Waals surface area contributed by atoms with Crippen molar-refractivity contribution in [1.29, 1.82) is 0 Å². The number of methoxy groups -OCH3 is 2. The lowest BCUT2D eigenvalue weighted by Gasteiger charge is -2.35. The molecule has 2 amide bonds. The standard InChI is InChI=1S/C20H30ClN3O7S/c1-20(2,3)31-19(26)23-8-10-24(11-9-23)32(27,28)14-6-7-16(21)15(12-14)17(30-5)18(25)22-13-29-4/h6-7,12,17H,8-11,13H2,1-5H3,(H,22,25). The highest BCUT2D eigenvalue weighted by molar-refractivity contribution is 7.89. The Morgan fingerprint density at radius 2 is 1.78 bits per heavy atom. The second-order valence-electron chi connectivity index (χ2n) is 8.14. The minimum absolute atomic E-state index is 0.0239. The summed E-state index contributed by atoms with van der Waals surface area (Å²) in [4.78, 5) is 26.0. The Balaban J connectivity index is 2.19. The second-order valence-corrected chi connectivity index (χ2v) is 10.5. The smallest absolute Gasteiger partial charge is 0.410 e. The zero-order valence-electron chi connectivity index (χ0n) is 18.9. The van der Waals surface area contributed by atoms with Gasteiger partial charge >= 0.3 is 6.09 Å². The van der Waals surface area contributed by atoms with Gasteiger partial charge in [0, 0.05) is 51.0 Å². The average Bonchev–Trinajstić information content (AvgIpc) is 2.72. The molecule has 1 aliphatic heterocycles. The van der Waals surface area contributed by atoms with E-state index in [-0.39, 0.29) is 48.4 Å². The summed E-state index contributed by atoms with van der Waals surface area (Å²) in [6, 6.07) is 4.12. The summed E-state index contributed by atoms with van der Waals surface area (Å²) in [6.07, 6.45) is -1.59. The minimum atomic E-state index is -3.89. The molecule has 1 aromatic rings. The van der Waals surface area contributed by atoms with E-state index < -0.39 is 33.7 Å². The number of sulfonamides is 1. The Morgan fingerprint density at radius 1 is 1.16 bits per heavy atom. The molecule has 1 heterocycles. The van der Waals surface area contributed by atoms with E-state index in [4.69, 9.17) is 25.8 Å². The third kappa shape index (κ3) is 6.55. The maximum Gasteiger partial charge on any atom is 0.410 e. The summed E-state index contributed by atoms with van der Waals surface area (Å²) in [7, 11) is -1.14. The molecule has 0 saturated carbocycles. The van der Waals surface area contributed by atoms with Crippen molar-refractivity contribution in [2.24, 2.45) is 0 Å². The number of hydrogen-bond acceptors (Lipinski definition) is 7. The molecule has 1 aromatic carbocycles. The van der Waals surface area contributed by atoms with E-state index in [1.807, 2.05) is 0 Å². The highest BCUT2D eigenvalue weighted by atomic mass is 35.5. The van der Waals surface area contributed by atoms with Gasteiger partial charge in [-0.1, -0.05) is 11.6 Å². The molecular weight excluding hydrogens is 462 g/mol. The van der Waals surface area contributed by atoms with E-state index in [0.717, 1.165) is 0 Å². The van der Waals surface area contributed by atoms with Crippen LogP contribution in [-0.2, 0) is 29.0 Å². The van der Waals surface area contributed by atoms with Gasteiger partial charge < -0.3 is 24.4 Å². The number of piperazine rings is 1. The maximum atomic E-state index is 13.2. The van der Waals surface area contributed by atoms with Crippen LogP contribution in [0, 0.1) is 0 Å². The Kier molecular flexibility index (Phi) is 8.89. The third-order valence-corrected chi connectivity index (χ3v) is 6.88. The molecule has 1 saturated heterocycles. The molecular formula is C20H30ClN3O7S. The zero-order chi connectivity index (χ0) is 24.1. The van der Waals surface area contributed by atoms with Crippen LogP contribution in [0.4, 0.5) is 4.79 Å². The fraction of sp³-hybridized carbons (Fsp3) is 0.600. The van der Waals surface area contributed by atoms with Gasteiger partial charge in [-0.25, -0.2) is 13.2 Å². The van der Waals surface area contributed by atoms with Crippen molar-refractivity contribution in [3.8, 4) is 0 Å². The molecule has 1 N–H and O–H groups in total. The number of ether oxygens (including phenoxy) is 3. The third-order valence-electron chi connectivity index (χ3n) is 4.64. The van der Waals surface area contributed by atoms with E-state index in [1.54, 1.807) is 20.8 Å². The maximum absolute atomic E-state index is 13.2. The first-order valence-corrected chi connectivity index (χ1v) is 11.8. The fourth-order valence-electron chi connectivity index (χ4n) is 3.08. The number of benzene rings is 1. The number of nitrogens with one attached hydrogen (secondary N) is 1. The molecule has 0 radical (unpaired) electrons. The monoisotopic (exact) mass is 491 g/mol. The summed E-state index contributed by atoms with van der Waals surface area (Å²) in [6.45, 7) is 5.91. The molecule has 0 aliphatic carbocycles. The van der Waals surface area contributed by atoms with Crippen molar-refractivity contribution < 1.29 is 32.2 Å². The van der Waals surface area contributed by atoms with E-state index >= 15 is 0 Å². The number of rotatable bonds is 7. The number of halogens is 1. The molecule has 0 bridgehead atoms. The Bertz CT molecular complexity index is 926. The molecule has 1 atom stereocenters. The van der Waals surface area contributed by atoms with Gasteiger partial charge in [0.1, 0.15) is 12.3 Å². The first-order valence-electron chi connectivity index (χ1n) is 9.97. The summed E-state index contributed by atoms with van der Waals surface area (Å²) in [5.74, 6) is -0.517. The lowest BCUT2D eigenvalue weighted by molar-refractivity contribution is -0.132. The highest BCUT2D eigenvalue weighted by Gasteiger charge is 2.33. The zero-order valence-corrected chi connectivity index (χ0v) is 20.5. The molecule has 0 aromatic heterocycles. The summed E-state index contributed by atoms with van der Waals surface area (Å²) >= 11 is 6.23.